The predicted octanol–water partition coefficient (Wildman–Crippen LogP) is 2.26. The number of nitro benzene ring substituents is 1. The maximum Gasteiger partial charge on any atom is 0.269 e. The third-order valence-corrected chi connectivity index (χ3v) is 4.00. The maximum atomic E-state index is 12.0. The number of hydrogen-bond donors (Lipinski definition) is 2. The number of nitrogens with one attached hydrogen (secondary N) is 1. The van der Waals surface area contributed by atoms with E-state index in [-0.39, 0.29) is 17.1 Å². The molecule has 1 aromatic rings. The molecule has 114 valence electrons. The number of rotatable bonds is 5. The number of nitrogens with two attached hydrogens (primary N) is 1. The molecule has 0 bridgehead atoms. The first kappa shape index (κ1) is 15.4. The molecule has 3 N–H and O–H groups in total. The van der Waals surface area contributed by atoms with Gasteiger partial charge in [0, 0.05) is 30.6 Å². The number of non-ortho nitro benzene ring substituents is 1. The van der Waals surface area contributed by atoms with Crippen molar-refractivity contribution in [3.05, 3.63) is 39.9 Å². The SMILES string of the molecule is NC1(CC(=O)NCc2ccc([N+](=O)[O-])cc2)CCCCC1. The molecule has 2 rings (SSSR count). The molecule has 0 aliphatic heterocycles. The second-order valence-electron chi connectivity index (χ2n) is 5.80. The van der Waals surface area contributed by atoms with Crippen LogP contribution in [0.2, 0.25) is 0 Å². The molecule has 21 heavy (non-hydrogen) atoms. The van der Waals surface area contributed by atoms with Gasteiger partial charge in [-0.15, -0.1) is 0 Å². The topological polar surface area (TPSA) is 98.3 Å². The normalized spacial score (nSPS) is 17.2. The van der Waals surface area contributed by atoms with Crippen molar-refractivity contribution in [2.75, 3.05) is 0 Å². The fourth-order valence-electron chi connectivity index (χ4n) is 2.75. The van der Waals surface area contributed by atoms with Gasteiger partial charge in [0.15, 0.2) is 0 Å². The molecule has 0 atom stereocenters. The van der Waals surface area contributed by atoms with Crippen molar-refractivity contribution < 1.29 is 9.72 Å². The van der Waals surface area contributed by atoms with E-state index in [0.29, 0.717) is 13.0 Å². The molecule has 1 aromatic carbocycles. The molecule has 1 aliphatic carbocycles. The Morgan fingerprint density at radius 2 is 1.86 bits per heavy atom. The van der Waals surface area contributed by atoms with Crippen molar-refractivity contribution in [2.24, 2.45) is 5.73 Å². The summed E-state index contributed by atoms with van der Waals surface area (Å²) in [4.78, 5) is 22.1. The summed E-state index contributed by atoms with van der Waals surface area (Å²) in [5, 5.41) is 13.4. The first-order valence-electron chi connectivity index (χ1n) is 7.27. The Morgan fingerprint density at radius 1 is 1.24 bits per heavy atom. The maximum absolute atomic E-state index is 12.0. The van der Waals surface area contributed by atoms with Crippen LogP contribution in [0.3, 0.4) is 0 Å². The second-order valence-corrected chi connectivity index (χ2v) is 5.80. The number of benzene rings is 1. The van der Waals surface area contributed by atoms with Crippen molar-refractivity contribution in [1.29, 1.82) is 0 Å². The van der Waals surface area contributed by atoms with Crippen LogP contribution in [-0.2, 0) is 11.3 Å². The fourth-order valence-corrected chi connectivity index (χ4v) is 2.75. The Labute approximate surface area is 123 Å². The fraction of sp³-hybridized carbons (Fsp3) is 0.533. The van der Waals surface area contributed by atoms with E-state index in [1.807, 2.05) is 0 Å². The molecule has 0 aromatic heterocycles. The molecule has 1 amide bonds. The lowest BCUT2D eigenvalue weighted by Crippen LogP contribution is -2.45. The first-order valence-corrected chi connectivity index (χ1v) is 7.27. The van der Waals surface area contributed by atoms with E-state index in [1.54, 1.807) is 12.1 Å². The molecule has 0 radical (unpaired) electrons. The number of nitrogens with zero attached hydrogens (tertiary/aromatic N) is 1. The zero-order valence-electron chi connectivity index (χ0n) is 12.0. The van der Waals surface area contributed by atoms with Gasteiger partial charge in [0.25, 0.3) is 5.69 Å². The van der Waals surface area contributed by atoms with Gasteiger partial charge >= 0.3 is 0 Å². The van der Waals surface area contributed by atoms with E-state index < -0.39 is 4.92 Å². The van der Waals surface area contributed by atoms with Crippen LogP contribution in [0.1, 0.15) is 44.1 Å². The van der Waals surface area contributed by atoms with Gasteiger partial charge in [0.05, 0.1) is 4.92 Å². The molecule has 0 unspecified atom stereocenters. The lowest BCUT2D eigenvalue weighted by molar-refractivity contribution is -0.384. The number of amides is 1. The van der Waals surface area contributed by atoms with Crippen LogP contribution in [0, 0.1) is 10.1 Å². The molecule has 0 spiro atoms. The summed E-state index contributed by atoms with van der Waals surface area (Å²) >= 11 is 0. The molecule has 1 aliphatic rings. The molecule has 6 heteroatoms. The van der Waals surface area contributed by atoms with Crippen molar-refractivity contribution in [1.82, 2.24) is 5.32 Å². The van der Waals surface area contributed by atoms with Gasteiger partial charge in [0.2, 0.25) is 5.91 Å². The zero-order chi connectivity index (χ0) is 15.3. The van der Waals surface area contributed by atoms with Gasteiger partial charge in [-0.25, -0.2) is 0 Å². The van der Waals surface area contributed by atoms with Crippen LogP contribution in [0.25, 0.3) is 0 Å². The van der Waals surface area contributed by atoms with E-state index in [1.165, 1.54) is 18.6 Å². The van der Waals surface area contributed by atoms with E-state index >= 15 is 0 Å². The lowest BCUT2D eigenvalue weighted by atomic mass is 9.80. The van der Waals surface area contributed by atoms with Crippen LogP contribution in [0.15, 0.2) is 24.3 Å². The number of carbonyl (C=O) groups excluding carboxylic acids is 1. The standard InChI is InChI=1S/C15H21N3O3/c16-15(8-2-1-3-9-15)10-14(19)17-11-12-4-6-13(7-5-12)18(20)21/h4-7H,1-3,8-11,16H2,(H,17,19). The van der Waals surface area contributed by atoms with Crippen LogP contribution < -0.4 is 11.1 Å². The van der Waals surface area contributed by atoms with Gasteiger partial charge in [0.1, 0.15) is 0 Å². The molecule has 1 fully saturated rings. The van der Waals surface area contributed by atoms with Crippen molar-refractivity contribution in [3.8, 4) is 0 Å². The molecule has 6 nitrogen and oxygen atoms in total. The Bertz CT molecular complexity index is 507. The number of hydrogen-bond acceptors (Lipinski definition) is 4. The summed E-state index contributed by atoms with van der Waals surface area (Å²) in [5.74, 6) is -0.0576. The quantitative estimate of drug-likeness (QED) is 0.642. The van der Waals surface area contributed by atoms with Crippen molar-refractivity contribution in [3.63, 3.8) is 0 Å². The van der Waals surface area contributed by atoms with E-state index in [2.05, 4.69) is 5.32 Å². The average molecular weight is 291 g/mol. The third-order valence-electron chi connectivity index (χ3n) is 4.00. The smallest absolute Gasteiger partial charge is 0.269 e. The first-order chi connectivity index (χ1) is 9.98. The summed E-state index contributed by atoms with van der Waals surface area (Å²) < 4.78 is 0. The van der Waals surface area contributed by atoms with E-state index in [9.17, 15) is 14.9 Å². The molecule has 0 saturated heterocycles. The summed E-state index contributed by atoms with van der Waals surface area (Å²) in [5.41, 5.74) is 6.77. The van der Waals surface area contributed by atoms with Gasteiger partial charge in [-0.3, -0.25) is 14.9 Å². The van der Waals surface area contributed by atoms with Gasteiger partial charge in [-0.1, -0.05) is 31.4 Å². The Balaban J connectivity index is 1.82. The third kappa shape index (κ3) is 4.53. The van der Waals surface area contributed by atoms with Crippen molar-refractivity contribution >= 4 is 11.6 Å². The van der Waals surface area contributed by atoms with E-state index in [4.69, 9.17) is 5.73 Å². The monoisotopic (exact) mass is 291 g/mol. The predicted molar refractivity (Wildman–Crippen MR) is 79.6 cm³/mol. The highest BCUT2D eigenvalue weighted by Gasteiger charge is 2.29. The van der Waals surface area contributed by atoms with Crippen LogP contribution >= 0.6 is 0 Å². The summed E-state index contributed by atoms with van der Waals surface area (Å²) in [6.45, 7) is 0.368. The number of nitro groups is 1. The Morgan fingerprint density at radius 3 is 2.43 bits per heavy atom. The molecule has 0 heterocycles. The van der Waals surface area contributed by atoms with E-state index in [0.717, 1.165) is 31.2 Å². The van der Waals surface area contributed by atoms with Crippen molar-refractivity contribution in [2.45, 2.75) is 50.6 Å². The lowest BCUT2D eigenvalue weighted by Gasteiger charge is -2.32. The second kappa shape index (κ2) is 6.67. The average Bonchev–Trinajstić information content (AvgIpc) is 2.46. The minimum absolute atomic E-state index is 0.0493. The number of carbonyl (C=O) groups is 1. The molecular weight excluding hydrogens is 270 g/mol. The highest BCUT2D eigenvalue weighted by Crippen LogP contribution is 2.28. The molecular formula is C15H21N3O3. The minimum atomic E-state index is -0.441. The zero-order valence-corrected chi connectivity index (χ0v) is 12.0. The van der Waals surface area contributed by atoms with Gasteiger partial charge < -0.3 is 11.1 Å². The summed E-state index contributed by atoms with van der Waals surface area (Å²) in [6, 6.07) is 6.18. The Hall–Kier alpha value is -1.95. The van der Waals surface area contributed by atoms with Crippen LogP contribution in [0.5, 0.6) is 0 Å². The largest absolute Gasteiger partial charge is 0.352 e. The Kier molecular flexibility index (Phi) is 4.90. The van der Waals surface area contributed by atoms with Crippen LogP contribution in [0.4, 0.5) is 5.69 Å². The summed E-state index contributed by atoms with van der Waals surface area (Å²) in [6.07, 6.45) is 5.53. The highest BCUT2D eigenvalue weighted by atomic mass is 16.6. The minimum Gasteiger partial charge on any atom is -0.352 e. The van der Waals surface area contributed by atoms with Gasteiger partial charge in [-0.05, 0) is 18.4 Å². The summed E-state index contributed by atoms with van der Waals surface area (Å²) in [7, 11) is 0. The van der Waals surface area contributed by atoms with Gasteiger partial charge in [-0.2, -0.15) is 0 Å². The van der Waals surface area contributed by atoms with Crippen LogP contribution in [-0.4, -0.2) is 16.4 Å². The molecule has 1 saturated carbocycles. The highest BCUT2D eigenvalue weighted by molar-refractivity contribution is 5.77.